The number of nitrogens with zero attached hydrogens (tertiary/aromatic N) is 1. The van der Waals surface area contributed by atoms with Gasteiger partial charge in [0.25, 0.3) is 5.91 Å². The number of furan rings is 1. The highest BCUT2D eigenvalue weighted by Crippen LogP contribution is 2.26. The van der Waals surface area contributed by atoms with E-state index in [-0.39, 0.29) is 5.91 Å². The number of carbonyl (C=O) groups excluding carboxylic acids is 1. The Morgan fingerprint density at radius 1 is 1.50 bits per heavy atom. The van der Waals surface area contributed by atoms with Gasteiger partial charge in [-0.3, -0.25) is 4.79 Å². The minimum Gasteiger partial charge on any atom is -0.469 e. The predicted molar refractivity (Wildman–Crippen MR) is 79.6 cm³/mol. The van der Waals surface area contributed by atoms with Gasteiger partial charge >= 0.3 is 0 Å². The van der Waals surface area contributed by atoms with Crippen LogP contribution in [0.15, 0.2) is 45.6 Å². The summed E-state index contributed by atoms with van der Waals surface area (Å²) in [4.78, 5) is 12.0. The van der Waals surface area contributed by atoms with Crippen molar-refractivity contribution in [3.05, 3.63) is 47.5 Å². The minimum atomic E-state index is -0.242. The molecule has 1 aromatic heterocycles. The van der Waals surface area contributed by atoms with Crippen molar-refractivity contribution in [2.45, 2.75) is 33.6 Å². The Labute approximate surface area is 119 Å². The summed E-state index contributed by atoms with van der Waals surface area (Å²) in [6, 6.07) is 1.64. The quantitative estimate of drug-likeness (QED) is 0.675. The molecule has 106 valence electrons. The second-order valence-corrected chi connectivity index (χ2v) is 5.26. The zero-order valence-corrected chi connectivity index (χ0v) is 12.2. The minimum absolute atomic E-state index is 0.242. The van der Waals surface area contributed by atoms with Crippen molar-refractivity contribution >= 4 is 11.6 Å². The van der Waals surface area contributed by atoms with Crippen LogP contribution in [0.2, 0.25) is 0 Å². The van der Waals surface area contributed by atoms with E-state index in [0.29, 0.717) is 17.2 Å². The Bertz CT molecular complexity index is 593. The van der Waals surface area contributed by atoms with Crippen molar-refractivity contribution in [2.75, 3.05) is 0 Å². The van der Waals surface area contributed by atoms with Gasteiger partial charge in [0.05, 0.1) is 17.5 Å². The van der Waals surface area contributed by atoms with Crippen LogP contribution < -0.4 is 5.43 Å². The molecule has 1 amide bonds. The molecule has 2 rings (SSSR count). The van der Waals surface area contributed by atoms with Crippen molar-refractivity contribution < 1.29 is 9.21 Å². The Kier molecular flexibility index (Phi) is 4.23. The molecule has 1 N–H and O–H groups in total. The number of amides is 1. The van der Waals surface area contributed by atoms with Crippen LogP contribution in [0.3, 0.4) is 0 Å². The topological polar surface area (TPSA) is 54.6 Å². The predicted octanol–water partition coefficient (Wildman–Crippen LogP) is 3.61. The molecule has 1 heterocycles. The van der Waals surface area contributed by atoms with Gasteiger partial charge in [-0.1, -0.05) is 18.2 Å². The fourth-order valence-corrected chi connectivity index (χ4v) is 2.22. The summed E-state index contributed by atoms with van der Waals surface area (Å²) < 4.78 is 5.11. The average Bonchev–Trinajstić information content (AvgIpc) is 2.83. The summed E-state index contributed by atoms with van der Waals surface area (Å²) in [6.07, 6.45) is 5.47. The summed E-state index contributed by atoms with van der Waals surface area (Å²) in [5, 5.41) is 4.26. The fraction of sp³-hybridized carbons (Fsp3) is 0.375. The molecular formula is C16H20N2O2. The first-order valence-corrected chi connectivity index (χ1v) is 6.72. The molecule has 0 aliphatic heterocycles. The van der Waals surface area contributed by atoms with E-state index in [4.69, 9.17) is 4.42 Å². The Hall–Kier alpha value is -2.10. The van der Waals surface area contributed by atoms with Crippen LogP contribution in [0.4, 0.5) is 0 Å². The second-order valence-electron chi connectivity index (χ2n) is 5.26. The maximum Gasteiger partial charge on any atom is 0.274 e. The van der Waals surface area contributed by atoms with Gasteiger partial charge < -0.3 is 4.42 Å². The monoisotopic (exact) mass is 272 g/mol. The highest BCUT2D eigenvalue weighted by Gasteiger charge is 2.19. The third-order valence-electron chi connectivity index (χ3n) is 3.70. The Morgan fingerprint density at radius 2 is 2.25 bits per heavy atom. The Morgan fingerprint density at radius 3 is 2.85 bits per heavy atom. The van der Waals surface area contributed by atoms with Crippen molar-refractivity contribution in [1.29, 1.82) is 0 Å². The smallest absolute Gasteiger partial charge is 0.274 e. The number of rotatable bonds is 3. The van der Waals surface area contributed by atoms with Crippen LogP contribution >= 0.6 is 0 Å². The molecule has 0 saturated carbocycles. The molecule has 0 aromatic carbocycles. The molecule has 1 aliphatic rings. The zero-order valence-electron chi connectivity index (χ0n) is 12.2. The number of allylic oxidation sites excluding steroid dienone is 3. The lowest BCUT2D eigenvalue weighted by molar-refractivity contribution is 0.0953. The SMILES string of the molecule is C=C(C)[C@H]1CC=C(C)/C(=N/NC(=O)c2ccoc2C)C1. The first-order valence-electron chi connectivity index (χ1n) is 6.72. The van der Waals surface area contributed by atoms with Gasteiger partial charge in [0.2, 0.25) is 0 Å². The summed E-state index contributed by atoms with van der Waals surface area (Å²) in [6.45, 7) is 9.81. The molecule has 20 heavy (non-hydrogen) atoms. The lowest BCUT2D eigenvalue weighted by Gasteiger charge is -2.22. The molecule has 1 atom stereocenters. The third kappa shape index (κ3) is 3.07. The number of carbonyl (C=O) groups is 1. The van der Waals surface area contributed by atoms with Gasteiger partial charge in [-0.15, -0.1) is 0 Å². The van der Waals surface area contributed by atoms with Gasteiger partial charge in [-0.25, -0.2) is 5.43 Å². The lowest BCUT2D eigenvalue weighted by Crippen LogP contribution is -2.23. The standard InChI is InChI=1S/C16H20N2O2/c1-10(2)13-6-5-11(3)15(9-13)17-18-16(19)14-7-8-20-12(14)4/h5,7-8,13H,1,6,9H2,2-4H3,(H,18,19)/b17-15+/t13-/m0/s1. The molecule has 0 spiro atoms. The van der Waals surface area contributed by atoms with Crippen LogP contribution in [-0.2, 0) is 0 Å². The fourth-order valence-electron chi connectivity index (χ4n) is 2.22. The van der Waals surface area contributed by atoms with E-state index in [0.717, 1.165) is 29.7 Å². The van der Waals surface area contributed by atoms with Crippen LogP contribution in [0.25, 0.3) is 0 Å². The first-order chi connectivity index (χ1) is 9.49. The number of hydrogen-bond acceptors (Lipinski definition) is 3. The summed E-state index contributed by atoms with van der Waals surface area (Å²) in [5.74, 6) is 0.762. The van der Waals surface area contributed by atoms with Crippen molar-refractivity contribution in [3.8, 4) is 0 Å². The molecule has 1 aromatic rings. The van der Waals surface area contributed by atoms with Gasteiger partial charge in [0.15, 0.2) is 0 Å². The van der Waals surface area contributed by atoms with E-state index in [1.54, 1.807) is 13.0 Å². The van der Waals surface area contributed by atoms with E-state index in [9.17, 15) is 4.79 Å². The second kappa shape index (κ2) is 5.90. The van der Waals surface area contributed by atoms with Crippen molar-refractivity contribution in [1.82, 2.24) is 5.43 Å². The molecule has 0 radical (unpaired) electrons. The highest BCUT2D eigenvalue weighted by atomic mass is 16.3. The third-order valence-corrected chi connectivity index (χ3v) is 3.70. The lowest BCUT2D eigenvalue weighted by atomic mass is 9.85. The first kappa shape index (κ1) is 14.3. The molecule has 1 aliphatic carbocycles. The van der Waals surface area contributed by atoms with E-state index in [2.05, 4.69) is 23.2 Å². The zero-order chi connectivity index (χ0) is 14.7. The van der Waals surface area contributed by atoms with Crippen LogP contribution in [0.1, 0.15) is 42.8 Å². The van der Waals surface area contributed by atoms with Gasteiger partial charge in [0, 0.05) is 0 Å². The summed E-state index contributed by atoms with van der Waals surface area (Å²) in [5.41, 5.74) is 6.31. The molecule has 0 bridgehead atoms. The molecule has 0 fully saturated rings. The molecule has 4 nitrogen and oxygen atoms in total. The van der Waals surface area contributed by atoms with Crippen LogP contribution in [-0.4, -0.2) is 11.6 Å². The van der Waals surface area contributed by atoms with Gasteiger partial charge in [-0.05, 0) is 51.2 Å². The number of hydrogen-bond donors (Lipinski definition) is 1. The van der Waals surface area contributed by atoms with Crippen LogP contribution in [0, 0.1) is 12.8 Å². The molecule has 0 saturated heterocycles. The molecular weight excluding hydrogens is 252 g/mol. The molecule has 4 heteroatoms. The number of aryl methyl sites for hydroxylation is 1. The largest absolute Gasteiger partial charge is 0.469 e. The Balaban J connectivity index is 2.09. The average molecular weight is 272 g/mol. The number of nitrogens with one attached hydrogen (secondary N) is 1. The summed E-state index contributed by atoms with van der Waals surface area (Å²) >= 11 is 0. The van der Waals surface area contributed by atoms with Crippen molar-refractivity contribution in [3.63, 3.8) is 0 Å². The normalized spacial score (nSPS) is 20.6. The summed E-state index contributed by atoms with van der Waals surface area (Å²) in [7, 11) is 0. The highest BCUT2D eigenvalue weighted by molar-refractivity contribution is 6.02. The van der Waals surface area contributed by atoms with E-state index >= 15 is 0 Å². The van der Waals surface area contributed by atoms with Crippen molar-refractivity contribution in [2.24, 2.45) is 11.0 Å². The van der Waals surface area contributed by atoms with E-state index in [1.165, 1.54) is 6.26 Å². The van der Waals surface area contributed by atoms with E-state index in [1.807, 2.05) is 13.8 Å². The van der Waals surface area contributed by atoms with E-state index < -0.39 is 0 Å². The molecule has 0 unspecified atom stereocenters. The van der Waals surface area contributed by atoms with Crippen LogP contribution in [0.5, 0.6) is 0 Å². The number of hydrazone groups is 1. The van der Waals surface area contributed by atoms with Gasteiger partial charge in [-0.2, -0.15) is 5.10 Å². The maximum absolute atomic E-state index is 12.0. The van der Waals surface area contributed by atoms with Gasteiger partial charge in [0.1, 0.15) is 5.76 Å². The maximum atomic E-state index is 12.0.